The van der Waals surface area contributed by atoms with Crippen molar-refractivity contribution < 1.29 is 13.2 Å². The van der Waals surface area contributed by atoms with E-state index in [-0.39, 0.29) is 24.3 Å². The molecule has 4 nitrogen and oxygen atoms in total. The Hall–Kier alpha value is -2.51. The lowest BCUT2D eigenvalue weighted by Crippen LogP contribution is -2.54. The summed E-state index contributed by atoms with van der Waals surface area (Å²) >= 11 is 0. The van der Waals surface area contributed by atoms with E-state index in [2.05, 4.69) is 39.2 Å². The lowest BCUT2D eigenvalue weighted by atomic mass is 9.81. The Bertz CT molecular complexity index is 1290. The maximum absolute atomic E-state index is 16.0. The Balaban J connectivity index is 1.24. The highest BCUT2D eigenvalue weighted by molar-refractivity contribution is 5.85. The summed E-state index contributed by atoms with van der Waals surface area (Å²) in [7, 11) is 0. The van der Waals surface area contributed by atoms with E-state index in [1.165, 1.54) is 30.5 Å². The minimum atomic E-state index is -0.491. The highest BCUT2D eigenvalue weighted by Crippen LogP contribution is 2.55. The van der Waals surface area contributed by atoms with Crippen molar-refractivity contribution in [3.05, 3.63) is 64.9 Å². The number of fused-ring (bicyclic) bond motifs is 4. The van der Waals surface area contributed by atoms with Crippen LogP contribution < -0.4 is 5.32 Å². The summed E-state index contributed by atoms with van der Waals surface area (Å²) < 4.78 is 44.4. The Morgan fingerprint density at radius 2 is 1.81 bits per heavy atom. The molecule has 1 saturated heterocycles. The van der Waals surface area contributed by atoms with Gasteiger partial charge in [0.2, 0.25) is 0 Å². The molecule has 5 aliphatic rings. The maximum Gasteiger partial charge on any atom is 0.133 e. The zero-order valence-corrected chi connectivity index (χ0v) is 21.3. The third-order valence-electron chi connectivity index (χ3n) is 9.49. The van der Waals surface area contributed by atoms with Gasteiger partial charge in [0, 0.05) is 59.6 Å². The first-order chi connectivity index (χ1) is 18.0. The van der Waals surface area contributed by atoms with E-state index >= 15 is 8.78 Å². The number of anilines is 1. The highest BCUT2D eigenvalue weighted by atomic mass is 19.1. The van der Waals surface area contributed by atoms with Gasteiger partial charge in [-0.2, -0.15) is 0 Å². The third kappa shape index (κ3) is 3.88. The van der Waals surface area contributed by atoms with Crippen molar-refractivity contribution in [2.75, 3.05) is 31.6 Å². The number of halogens is 3. The second kappa shape index (κ2) is 9.05. The number of aromatic nitrogens is 1. The van der Waals surface area contributed by atoms with Crippen molar-refractivity contribution in [2.45, 2.75) is 63.2 Å². The maximum atomic E-state index is 16.0. The van der Waals surface area contributed by atoms with Crippen LogP contribution >= 0.6 is 0 Å². The van der Waals surface area contributed by atoms with Gasteiger partial charge in [0.1, 0.15) is 11.6 Å². The molecule has 3 atom stereocenters. The van der Waals surface area contributed by atoms with Crippen LogP contribution in [0.25, 0.3) is 10.9 Å². The lowest BCUT2D eigenvalue weighted by molar-refractivity contribution is 0.0680. The van der Waals surface area contributed by atoms with E-state index in [0.29, 0.717) is 24.1 Å². The van der Waals surface area contributed by atoms with Crippen LogP contribution in [0, 0.1) is 23.5 Å². The number of H-pyrrole nitrogens is 1. The Morgan fingerprint density at radius 3 is 2.51 bits per heavy atom. The van der Waals surface area contributed by atoms with Crippen molar-refractivity contribution in [3.8, 4) is 0 Å². The fourth-order valence-electron chi connectivity index (χ4n) is 7.77. The number of nitrogens with one attached hydrogen (secondary N) is 2. The number of hydrogen-bond donors (Lipinski definition) is 2. The molecule has 2 N–H and O–H groups in total. The van der Waals surface area contributed by atoms with E-state index in [9.17, 15) is 4.39 Å². The van der Waals surface area contributed by atoms with Gasteiger partial charge in [-0.3, -0.25) is 14.2 Å². The summed E-state index contributed by atoms with van der Waals surface area (Å²) in [5.74, 6) is 0.414. The van der Waals surface area contributed by atoms with Gasteiger partial charge in [-0.05, 0) is 74.6 Å². The molecule has 1 aromatic heterocycles. The average Bonchev–Trinajstić information content (AvgIpc) is 3.52. The number of hydrogen-bond acceptors (Lipinski definition) is 3. The van der Waals surface area contributed by atoms with Gasteiger partial charge in [-0.1, -0.05) is 18.2 Å². The zero-order chi connectivity index (χ0) is 25.3. The molecule has 196 valence electrons. The van der Waals surface area contributed by atoms with E-state index in [4.69, 9.17) is 0 Å². The van der Waals surface area contributed by atoms with Crippen LogP contribution in [-0.4, -0.2) is 59.2 Å². The third-order valence-corrected chi connectivity index (χ3v) is 9.49. The SMILES string of the molecule is C[C@@H]1Cc2c([nH]c3ccccc23)[C@@H](c2c(F)cc(NC3CN(CCCF)C3)cc2F)N1[C@@H]1CC2CC1C2. The molecule has 37 heavy (non-hydrogen) atoms. The smallest absolute Gasteiger partial charge is 0.133 e. The normalized spacial score (nSPS) is 29.8. The number of aromatic amines is 1. The van der Waals surface area contributed by atoms with Crippen LogP contribution in [0.15, 0.2) is 36.4 Å². The first kappa shape index (κ1) is 23.6. The van der Waals surface area contributed by atoms with Crippen LogP contribution in [0.5, 0.6) is 0 Å². The van der Waals surface area contributed by atoms with Gasteiger partial charge in [0.15, 0.2) is 0 Å². The quantitative estimate of drug-likeness (QED) is 0.409. The number of alkyl halides is 1. The fraction of sp³-hybridized carbons (Fsp3) is 0.533. The number of para-hydroxylation sites is 1. The lowest BCUT2D eigenvalue weighted by Gasteiger charge is -2.46. The van der Waals surface area contributed by atoms with Gasteiger partial charge in [0.05, 0.1) is 18.8 Å². The molecular weight excluding hydrogens is 473 g/mol. The van der Waals surface area contributed by atoms with Crippen LogP contribution in [0.2, 0.25) is 0 Å². The predicted octanol–water partition coefficient (Wildman–Crippen LogP) is 6.04. The van der Waals surface area contributed by atoms with Crippen molar-refractivity contribution >= 4 is 16.6 Å². The van der Waals surface area contributed by atoms with Crippen molar-refractivity contribution in [3.63, 3.8) is 0 Å². The average molecular weight is 509 g/mol. The molecule has 7 heteroatoms. The molecule has 2 aromatic carbocycles. The topological polar surface area (TPSA) is 34.3 Å². The molecule has 0 spiro atoms. The second-order valence-corrected chi connectivity index (χ2v) is 11.9. The standard InChI is InChI=1S/C30H35F3N4/c1-17-9-23-22-5-2-3-6-26(22)35-29(23)30(37(17)27-12-18-10-19(27)11-18)28-24(32)13-20(14-25(28)33)34-21-15-36(16-21)8-4-7-31/h2-3,5-6,13-14,17-19,21,27,30,34-35H,4,7-12,15-16H2,1H3/t17-,18?,19?,27-,30-/m1/s1. The van der Waals surface area contributed by atoms with Crippen molar-refractivity contribution in [2.24, 2.45) is 11.8 Å². The molecule has 0 radical (unpaired) electrons. The molecule has 3 aromatic rings. The summed E-state index contributed by atoms with van der Waals surface area (Å²) in [5.41, 5.74) is 3.81. The number of likely N-dealkylation sites (tertiary alicyclic amines) is 1. The second-order valence-electron chi connectivity index (χ2n) is 11.9. The molecule has 0 amide bonds. The minimum Gasteiger partial charge on any atom is -0.380 e. The van der Waals surface area contributed by atoms with Gasteiger partial charge in [-0.25, -0.2) is 8.78 Å². The first-order valence-electron chi connectivity index (χ1n) is 13.9. The largest absolute Gasteiger partial charge is 0.380 e. The number of rotatable bonds is 7. The molecule has 4 fully saturated rings. The molecule has 2 aliphatic heterocycles. The van der Waals surface area contributed by atoms with E-state index in [0.717, 1.165) is 55.0 Å². The highest BCUT2D eigenvalue weighted by Gasteiger charge is 2.52. The van der Waals surface area contributed by atoms with Gasteiger partial charge < -0.3 is 10.3 Å². The first-order valence-corrected chi connectivity index (χ1v) is 13.9. The van der Waals surface area contributed by atoms with E-state index < -0.39 is 17.7 Å². The number of nitrogens with zero attached hydrogens (tertiary/aromatic N) is 2. The van der Waals surface area contributed by atoms with E-state index in [1.54, 1.807) is 0 Å². The summed E-state index contributed by atoms with van der Waals surface area (Å²) in [6.45, 7) is 4.17. The summed E-state index contributed by atoms with van der Waals surface area (Å²) in [5, 5.41) is 4.45. The van der Waals surface area contributed by atoms with Gasteiger partial charge >= 0.3 is 0 Å². The van der Waals surface area contributed by atoms with Crippen LogP contribution in [0.1, 0.15) is 55.5 Å². The Labute approximate surface area is 216 Å². The molecule has 3 aliphatic carbocycles. The minimum absolute atomic E-state index is 0.126. The van der Waals surface area contributed by atoms with Crippen molar-refractivity contribution in [1.82, 2.24) is 14.8 Å². The Morgan fingerprint density at radius 1 is 1.05 bits per heavy atom. The zero-order valence-electron chi connectivity index (χ0n) is 21.3. The summed E-state index contributed by atoms with van der Waals surface area (Å²) in [4.78, 5) is 8.19. The molecular formula is C30H35F3N4. The van der Waals surface area contributed by atoms with Crippen LogP contribution in [-0.2, 0) is 6.42 Å². The molecule has 8 rings (SSSR count). The Kier molecular flexibility index (Phi) is 5.77. The van der Waals surface area contributed by atoms with Crippen LogP contribution in [0.4, 0.5) is 18.9 Å². The predicted molar refractivity (Wildman–Crippen MR) is 141 cm³/mol. The summed E-state index contributed by atoms with van der Waals surface area (Å²) in [6.07, 6.45) is 5.03. The molecule has 3 heterocycles. The monoisotopic (exact) mass is 508 g/mol. The van der Waals surface area contributed by atoms with E-state index in [1.807, 2.05) is 12.1 Å². The van der Waals surface area contributed by atoms with Gasteiger partial charge in [-0.15, -0.1) is 0 Å². The molecule has 2 bridgehead atoms. The van der Waals surface area contributed by atoms with Gasteiger partial charge in [0.25, 0.3) is 0 Å². The van der Waals surface area contributed by atoms with Crippen LogP contribution in [0.3, 0.4) is 0 Å². The number of benzene rings is 2. The summed E-state index contributed by atoms with van der Waals surface area (Å²) in [6, 6.07) is 11.4. The van der Waals surface area contributed by atoms with Crippen molar-refractivity contribution in [1.29, 1.82) is 0 Å². The molecule has 3 saturated carbocycles. The fourth-order valence-corrected chi connectivity index (χ4v) is 7.77. The molecule has 0 unspecified atom stereocenters.